The first-order chi connectivity index (χ1) is 17.4. The molecular weight excluding hydrogens is 461 g/mol. The molecule has 0 saturated carbocycles. The monoisotopic (exact) mass is 485 g/mol. The molecule has 5 heterocycles. The molecule has 182 valence electrons. The van der Waals surface area contributed by atoms with Crippen LogP contribution in [0.5, 0.6) is 0 Å². The van der Waals surface area contributed by atoms with Gasteiger partial charge in [0.25, 0.3) is 5.91 Å². The highest BCUT2D eigenvalue weighted by molar-refractivity contribution is 5.99. The predicted molar refractivity (Wildman–Crippen MR) is 129 cm³/mol. The fraction of sp³-hybridized carbons (Fsp3) is 0.333. The lowest BCUT2D eigenvalue weighted by molar-refractivity contribution is 0.0185. The number of pyridine rings is 2. The molecular formula is C27H24FN5O3. The number of nitriles is 1. The van der Waals surface area contributed by atoms with E-state index in [9.17, 15) is 19.6 Å². The van der Waals surface area contributed by atoms with Crippen LogP contribution < -0.4 is 10.2 Å². The maximum atomic E-state index is 14.7. The van der Waals surface area contributed by atoms with Gasteiger partial charge in [0.15, 0.2) is 0 Å². The van der Waals surface area contributed by atoms with Gasteiger partial charge in [0, 0.05) is 31.6 Å². The van der Waals surface area contributed by atoms with E-state index in [-0.39, 0.29) is 29.2 Å². The normalized spacial score (nSPS) is 22.6. The lowest BCUT2D eigenvalue weighted by Crippen LogP contribution is -2.33. The Kier molecular flexibility index (Phi) is 5.43. The summed E-state index contributed by atoms with van der Waals surface area (Å²) in [5.41, 5.74) is 3.81. The van der Waals surface area contributed by atoms with Crippen LogP contribution in [0.25, 0.3) is 11.3 Å². The minimum absolute atomic E-state index is 0.133. The van der Waals surface area contributed by atoms with Gasteiger partial charge in [0.05, 0.1) is 70.9 Å². The minimum atomic E-state index is -0.533. The lowest BCUT2D eigenvalue weighted by atomic mass is 9.97. The maximum Gasteiger partial charge on any atom is 0.253 e. The molecule has 2 atom stereocenters. The first-order valence-corrected chi connectivity index (χ1v) is 12.0. The molecule has 6 rings (SSSR count). The van der Waals surface area contributed by atoms with Gasteiger partial charge in [-0.25, -0.2) is 9.37 Å². The fourth-order valence-corrected chi connectivity index (χ4v) is 5.53. The summed E-state index contributed by atoms with van der Waals surface area (Å²) in [6, 6.07) is 12.0. The molecule has 3 aromatic rings. The van der Waals surface area contributed by atoms with Crippen LogP contribution in [0.15, 0.2) is 42.6 Å². The molecule has 1 spiro atoms. The van der Waals surface area contributed by atoms with Crippen LogP contribution in [-0.4, -0.2) is 52.4 Å². The van der Waals surface area contributed by atoms with Gasteiger partial charge in [-0.2, -0.15) is 5.26 Å². The zero-order valence-electron chi connectivity index (χ0n) is 19.5. The van der Waals surface area contributed by atoms with Gasteiger partial charge in [-0.3, -0.25) is 9.78 Å². The van der Waals surface area contributed by atoms with Crippen molar-refractivity contribution in [2.75, 3.05) is 24.6 Å². The molecule has 8 nitrogen and oxygen atoms in total. The largest absolute Gasteiger partial charge is 0.391 e. The van der Waals surface area contributed by atoms with Gasteiger partial charge >= 0.3 is 0 Å². The average molecular weight is 486 g/mol. The first kappa shape index (κ1) is 22.6. The van der Waals surface area contributed by atoms with Crippen LogP contribution in [-0.2, 0) is 17.7 Å². The third-order valence-electron chi connectivity index (χ3n) is 7.26. The Balaban J connectivity index is 1.29. The van der Waals surface area contributed by atoms with Crippen LogP contribution in [0.1, 0.15) is 45.7 Å². The Morgan fingerprint density at radius 1 is 1.31 bits per heavy atom. The Morgan fingerprint density at radius 3 is 2.94 bits per heavy atom. The second-order valence-corrected chi connectivity index (χ2v) is 9.65. The van der Waals surface area contributed by atoms with Crippen molar-refractivity contribution >= 4 is 11.6 Å². The molecule has 2 N–H and O–H groups in total. The van der Waals surface area contributed by atoms with Crippen LogP contribution in [0.3, 0.4) is 0 Å². The van der Waals surface area contributed by atoms with E-state index in [1.54, 1.807) is 12.1 Å². The lowest BCUT2D eigenvalue weighted by Gasteiger charge is -2.24. The summed E-state index contributed by atoms with van der Waals surface area (Å²) in [6.45, 7) is 2.19. The van der Waals surface area contributed by atoms with E-state index in [1.807, 2.05) is 24.4 Å². The van der Waals surface area contributed by atoms with Crippen molar-refractivity contribution in [2.24, 2.45) is 0 Å². The number of aromatic nitrogens is 2. The number of nitrogens with zero attached hydrogens (tertiary/aromatic N) is 4. The molecule has 2 fully saturated rings. The standard InChI is InChI=1S/C27H24FN5O3/c28-21-3-1-2-16(11-29)24(21)22-9-17(25-23(32-22)13-31-26(25)35)8-18-4-5-19(12-30-18)33-7-6-27(15-33)10-20(34)14-36-27/h1-5,9,12,20,34H,6-8,10,13-15H2,(H,31,35)/t20-,27+/m0/s1. The number of carbonyl (C=O) groups is 1. The summed E-state index contributed by atoms with van der Waals surface area (Å²) in [5, 5.41) is 22.2. The zero-order valence-corrected chi connectivity index (χ0v) is 19.5. The summed E-state index contributed by atoms with van der Waals surface area (Å²) < 4.78 is 20.6. The van der Waals surface area contributed by atoms with E-state index in [2.05, 4.69) is 20.2 Å². The average Bonchev–Trinajstić information content (AvgIpc) is 3.58. The van der Waals surface area contributed by atoms with E-state index >= 15 is 0 Å². The summed E-state index contributed by atoms with van der Waals surface area (Å²) in [7, 11) is 0. The van der Waals surface area contributed by atoms with E-state index < -0.39 is 11.9 Å². The molecule has 1 amide bonds. The van der Waals surface area contributed by atoms with E-state index in [0.29, 0.717) is 42.0 Å². The molecule has 9 heteroatoms. The molecule has 0 radical (unpaired) electrons. The SMILES string of the molecule is N#Cc1cccc(F)c1-c1cc(Cc2ccc(N3CC[C@@]4(C[C@H](O)CO4)C3)cn2)c2c(n1)CNC2=O. The number of halogens is 1. The molecule has 0 aliphatic carbocycles. The topological polar surface area (TPSA) is 111 Å². The van der Waals surface area contributed by atoms with E-state index in [1.165, 1.54) is 12.1 Å². The van der Waals surface area contributed by atoms with Gasteiger partial charge in [-0.1, -0.05) is 6.07 Å². The van der Waals surface area contributed by atoms with Crippen molar-refractivity contribution in [3.05, 3.63) is 76.5 Å². The quantitative estimate of drug-likeness (QED) is 0.585. The van der Waals surface area contributed by atoms with Gasteiger partial charge in [0.2, 0.25) is 0 Å². The molecule has 3 aliphatic rings. The molecule has 0 bridgehead atoms. The van der Waals surface area contributed by atoms with Crippen LogP contribution in [0.4, 0.5) is 10.1 Å². The Labute approximate surface area is 207 Å². The van der Waals surface area contributed by atoms with Gasteiger partial charge in [-0.05, 0) is 42.3 Å². The number of amides is 1. The Morgan fingerprint density at radius 2 is 2.19 bits per heavy atom. The number of ether oxygens (including phenoxy) is 1. The van der Waals surface area contributed by atoms with Gasteiger partial charge in [-0.15, -0.1) is 0 Å². The summed E-state index contributed by atoms with van der Waals surface area (Å²) >= 11 is 0. The van der Waals surface area contributed by atoms with Gasteiger partial charge in [0.1, 0.15) is 5.82 Å². The van der Waals surface area contributed by atoms with Crippen molar-refractivity contribution in [1.29, 1.82) is 5.26 Å². The molecule has 2 saturated heterocycles. The Bertz CT molecular complexity index is 1400. The number of hydrogen-bond donors (Lipinski definition) is 2. The first-order valence-electron chi connectivity index (χ1n) is 12.0. The number of carbonyl (C=O) groups excluding carboxylic acids is 1. The third-order valence-corrected chi connectivity index (χ3v) is 7.26. The highest BCUT2D eigenvalue weighted by Crippen LogP contribution is 2.37. The number of fused-ring (bicyclic) bond motifs is 1. The number of nitrogens with one attached hydrogen (secondary N) is 1. The minimum Gasteiger partial charge on any atom is -0.391 e. The van der Waals surface area contributed by atoms with Crippen LogP contribution in [0, 0.1) is 17.1 Å². The van der Waals surface area contributed by atoms with Crippen molar-refractivity contribution in [3.8, 4) is 17.3 Å². The number of rotatable bonds is 4. The van der Waals surface area contributed by atoms with Crippen molar-refractivity contribution in [2.45, 2.75) is 37.5 Å². The highest BCUT2D eigenvalue weighted by atomic mass is 19.1. The van der Waals surface area contributed by atoms with Crippen LogP contribution >= 0.6 is 0 Å². The number of aliphatic hydroxyl groups excluding tert-OH is 1. The summed E-state index contributed by atoms with van der Waals surface area (Å²) in [4.78, 5) is 23.9. The molecule has 36 heavy (non-hydrogen) atoms. The van der Waals surface area contributed by atoms with E-state index in [4.69, 9.17) is 4.74 Å². The van der Waals surface area contributed by atoms with Crippen molar-refractivity contribution in [3.63, 3.8) is 0 Å². The number of anilines is 1. The van der Waals surface area contributed by atoms with E-state index in [0.717, 1.165) is 30.9 Å². The van der Waals surface area contributed by atoms with Crippen LogP contribution in [0.2, 0.25) is 0 Å². The smallest absolute Gasteiger partial charge is 0.253 e. The summed E-state index contributed by atoms with van der Waals surface area (Å²) in [5.74, 6) is -0.750. The third kappa shape index (κ3) is 3.88. The van der Waals surface area contributed by atoms with Crippen molar-refractivity contribution < 1.29 is 19.0 Å². The molecule has 3 aliphatic heterocycles. The number of benzene rings is 1. The zero-order chi connectivity index (χ0) is 24.9. The predicted octanol–water partition coefficient (Wildman–Crippen LogP) is 2.72. The Hall–Kier alpha value is -3.87. The van der Waals surface area contributed by atoms with Crippen molar-refractivity contribution in [1.82, 2.24) is 15.3 Å². The fourth-order valence-electron chi connectivity index (χ4n) is 5.53. The number of aliphatic hydroxyl groups is 1. The molecule has 0 unspecified atom stereocenters. The van der Waals surface area contributed by atoms with Gasteiger partial charge < -0.3 is 20.1 Å². The highest BCUT2D eigenvalue weighted by Gasteiger charge is 2.45. The summed E-state index contributed by atoms with van der Waals surface area (Å²) in [6.07, 6.45) is 3.30. The molecule has 2 aromatic heterocycles. The maximum absolute atomic E-state index is 14.7. The molecule has 1 aromatic carbocycles. The number of hydrogen-bond acceptors (Lipinski definition) is 7. The second-order valence-electron chi connectivity index (χ2n) is 9.65. The second kappa shape index (κ2) is 8.66.